The molecule has 2 rings (SSSR count). The number of nitrogens with one attached hydrogen (secondary N) is 1. The molecule has 0 radical (unpaired) electrons. The fourth-order valence-corrected chi connectivity index (χ4v) is 1.32. The van der Waals surface area contributed by atoms with Crippen LogP contribution in [-0.2, 0) is 0 Å². The van der Waals surface area contributed by atoms with Crippen molar-refractivity contribution in [2.45, 2.75) is 6.92 Å². The van der Waals surface area contributed by atoms with Gasteiger partial charge in [-0.3, -0.25) is 10.1 Å². The minimum absolute atomic E-state index is 0.133. The first kappa shape index (κ1) is 12.8. The van der Waals surface area contributed by atoms with Gasteiger partial charge in [-0.2, -0.15) is 4.98 Å². The lowest BCUT2D eigenvalue weighted by Gasteiger charge is -1.99. The van der Waals surface area contributed by atoms with Crippen molar-refractivity contribution in [2.24, 2.45) is 0 Å². The maximum Gasteiger partial charge on any atom is 0.301 e. The molecule has 6 nitrogen and oxygen atoms in total. The van der Waals surface area contributed by atoms with Crippen LogP contribution >= 0.6 is 0 Å². The number of hydrogen-bond donors (Lipinski definition) is 2. The number of aliphatic hydroxyl groups is 1. The van der Waals surface area contributed by atoms with Crippen molar-refractivity contribution in [2.75, 3.05) is 11.9 Å². The molecular formula is C13H11N3O3. The molecular weight excluding hydrogens is 246 g/mol. The fourth-order valence-electron chi connectivity index (χ4n) is 1.32. The summed E-state index contributed by atoms with van der Waals surface area (Å²) in [6.45, 7) is 1.54. The molecule has 0 unspecified atom stereocenters. The number of rotatable bonds is 2. The van der Waals surface area contributed by atoms with E-state index in [-0.39, 0.29) is 18.3 Å². The summed E-state index contributed by atoms with van der Waals surface area (Å²) >= 11 is 0. The molecule has 0 aliphatic rings. The maximum atomic E-state index is 11.8. The molecule has 0 saturated heterocycles. The molecule has 0 fully saturated rings. The van der Waals surface area contributed by atoms with Gasteiger partial charge >= 0.3 is 6.01 Å². The van der Waals surface area contributed by atoms with Crippen molar-refractivity contribution < 1.29 is 14.3 Å². The largest absolute Gasteiger partial charge is 0.432 e. The standard InChI is InChI=1S/C13H11N3O3/c1-9-8-19-13(15-9)16-12(18)11-5-4-10(7-14-11)3-2-6-17/h4-5,7-8,17H,6H2,1H3,(H,15,16,18). The van der Waals surface area contributed by atoms with Crippen LogP contribution in [0.2, 0.25) is 0 Å². The minimum atomic E-state index is -0.413. The molecule has 0 aliphatic carbocycles. The van der Waals surface area contributed by atoms with Crippen LogP contribution in [0, 0.1) is 18.8 Å². The third-order valence-electron chi connectivity index (χ3n) is 2.15. The average molecular weight is 257 g/mol. The van der Waals surface area contributed by atoms with Crippen LogP contribution in [0.25, 0.3) is 0 Å². The molecule has 0 saturated carbocycles. The number of aryl methyl sites for hydroxylation is 1. The quantitative estimate of drug-likeness (QED) is 0.783. The van der Waals surface area contributed by atoms with Crippen molar-refractivity contribution >= 4 is 11.9 Å². The highest BCUT2D eigenvalue weighted by Crippen LogP contribution is 2.08. The average Bonchev–Trinajstić information content (AvgIpc) is 2.82. The number of pyridine rings is 1. The van der Waals surface area contributed by atoms with E-state index in [4.69, 9.17) is 9.52 Å². The van der Waals surface area contributed by atoms with Crippen molar-refractivity contribution in [1.82, 2.24) is 9.97 Å². The molecule has 96 valence electrons. The van der Waals surface area contributed by atoms with Gasteiger partial charge in [0.05, 0.1) is 5.69 Å². The summed E-state index contributed by atoms with van der Waals surface area (Å²) in [6.07, 6.45) is 2.90. The molecule has 1 amide bonds. The van der Waals surface area contributed by atoms with Gasteiger partial charge < -0.3 is 9.52 Å². The summed E-state index contributed by atoms with van der Waals surface area (Å²) < 4.78 is 5.01. The number of nitrogens with zero attached hydrogens (tertiary/aromatic N) is 2. The van der Waals surface area contributed by atoms with E-state index in [9.17, 15) is 4.79 Å². The minimum Gasteiger partial charge on any atom is -0.432 e. The summed E-state index contributed by atoms with van der Waals surface area (Å²) in [7, 11) is 0. The van der Waals surface area contributed by atoms with Gasteiger partial charge in [-0.15, -0.1) is 0 Å². The predicted octanol–water partition coefficient (Wildman–Crippen LogP) is 0.974. The van der Waals surface area contributed by atoms with E-state index >= 15 is 0 Å². The Kier molecular flexibility index (Phi) is 3.90. The molecule has 0 aliphatic heterocycles. The number of aromatic nitrogens is 2. The first-order valence-electron chi connectivity index (χ1n) is 5.48. The molecule has 2 aromatic heterocycles. The lowest BCUT2D eigenvalue weighted by atomic mass is 10.2. The number of anilines is 1. The monoisotopic (exact) mass is 257 g/mol. The van der Waals surface area contributed by atoms with E-state index in [1.165, 1.54) is 18.5 Å². The Morgan fingerprint density at radius 2 is 2.37 bits per heavy atom. The summed E-state index contributed by atoms with van der Waals surface area (Å²) in [6, 6.07) is 3.31. The van der Waals surface area contributed by atoms with Crippen molar-refractivity contribution in [3.63, 3.8) is 0 Å². The van der Waals surface area contributed by atoms with Gasteiger partial charge in [0.15, 0.2) is 0 Å². The molecule has 0 atom stereocenters. The second-order valence-electron chi connectivity index (χ2n) is 3.64. The third kappa shape index (κ3) is 3.40. The fraction of sp³-hybridized carbons (Fsp3) is 0.154. The maximum absolute atomic E-state index is 11.8. The van der Waals surface area contributed by atoms with Crippen molar-refractivity contribution in [3.05, 3.63) is 41.5 Å². The van der Waals surface area contributed by atoms with E-state index in [1.54, 1.807) is 13.0 Å². The summed E-state index contributed by atoms with van der Waals surface area (Å²) in [4.78, 5) is 19.7. The molecule has 2 N–H and O–H groups in total. The molecule has 2 aromatic rings. The Labute approximate surface area is 109 Å². The van der Waals surface area contributed by atoms with Gasteiger partial charge in [0.2, 0.25) is 0 Å². The zero-order valence-electron chi connectivity index (χ0n) is 10.2. The van der Waals surface area contributed by atoms with Gasteiger partial charge in [-0.05, 0) is 19.1 Å². The SMILES string of the molecule is Cc1coc(NC(=O)c2ccc(C#CCO)cn2)n1. The summed E-state index contributed by atoms with van der Waals surface area (Å²) in [5.74, 6) is 4.77. The topological polar surface area (TPSA) is 88.2 Å². The molecule has 0 aromatic carbocycles. The molecule has 2 heterocycles. The predicted molar refractivity (Wildman–Crippen MR) is 67.4 cm³/mol. The van der Waals surface area contributed by atoms with Crippen molar-refractivity contribution in [1.29, 1.82) is 0 Å². The highest BCUT2D eigenvalue weighted by Gasteiger charge is 2.10. The lowest BCUT2D eigenvalue weighted by Crippen LogP contribution is -2.13. The first-order valence-corrected chi connectivity index (χ1v) is 5.48. The van der Waals surface area contributed by atoms with Crippen molar-refractivity contribution in [3.8, 4) is 11.8 Å². The Bertz CT molecular complexity index is 635. The number of oxazole rings is 1. The van der Waals surface area contributed by atoms with Gasteiger partial charge in [0.25, 0.3) is 5.91 Å². The van der Waals surface area contributed by atoms with Crippen LogP contribution in [-0.4, -0.2) is 27.6 Å². The second-order valence-corrected chi connectivity index (χ2v) is 3.64. The zero-order valence-corrected chi connectivity index (χ0v) is 10.2. The number of carbonyl (C=O) groups is 1. The van der Waals surface area contributed by atoms with Crippen LogP contribution < -0.4 is 5.32 Å². The molecule has 0 spiro atoms. The van der Waals surface area contributed by atoms with Gasteiger partial charge in [0, 0.05) is 11.8 Å². The Morgan fingerprint density at radius 1 is 1.53 bits per heavy atom. The smallest absolute Gasteiger partial charge is 0.301 e. The molecule has 6 heteroatoms. The number of amides is 1. The highest BCUT2D eigenvalue weighted by atomic mass is 16.4. The van der Waals surface area contributed by atoms with Crippen LogP contribution in [0.5, 0.6) is 0 Å². The van der Waals surface area contributed by atoms with E-state index in [0.29, 0.717) is 11.3 Å². The van der Waals surface area contributed by atoms with E-state index in [0.717, 1.165) is 0 Å². The van der Waals surface area contributed by atoms with Crippen LogP contribution in [0.15, 0.2) is 29.0 Å². The Hall–Kier alpha value is -2.65. The lowest BCUT2D eigenvalue weighted by molar-refractivity contribution is 0.101. The zero-order chi connectivity index (χ0) is 13.7. The Balaban J connectivity index is 2.07. The summed E-state index contributed by atoms with van der Waals surface area (Å²) in [5, 5.41) is 11.0. The normalized spacial score (nSPS) is 9.58. The van der Waals surface area contributed by atoms with Gasteiger partial charge in [0.1, 0.15) is 18.6 Å². The molecule has 19 heavy (non-hydrogen) atoms. The highest BCUT2D eigenvalue weighted by molar-refractivity contribution is 6.01. The Morgan fingerprint density at radius 3 is 2.95 bits per heavy atom. The summed E-state index contributed by atoms with van der Waals surface area (Å²) in [5.41, 5.74) is 1.53. The first-order chi connectivity index (χ1) is 9.19. The van der Waals surface area contributed by atoms with Crippen LogP contribution in [0.3, 0.4) is 0 Å². The van der Waals surface area contributed by atoms with E-state index < -0.39 is 5.91 Å². The van der Waals surface area contributed by atoms with E-state index in [1.807, 2.05) is 0 Å². The van der Waals surface area contributed by atoms with Gasteiger partial charge in [-0.25, -0.2) is 4.98 Å². The number of carbonyl (C=O) groups excluding carboxylic acids is 1. The van der Waals surface area contributed by atoms with Gasteiger partial charge in [-0.1, -0.05) is 11.8 Å². The number of aliphatic hydroxyl groups excluding tert-OH is 1. The molecule has 0 bridgehead atoms. The second kappa shape index (κ2) is 5.80. The van der Waals surface area contributed by atoms with Crippen LogP contribution in [0.4, 0.5) is 6.01 Å². The van der Waals surface area contributed by atoms with Crippen LogP contribution in [0.1, 0.15) is 21.7 Å². The third-order valence-corrected chi connectivity index (χ3v) is 2.15. The number of hydrogen-bond acceptors (Lipinski definition) is 5. The van der Waals surface area contributed by atoms with E-state index in [2.05, 4.69) is 27.1 Å².